The van der Waals surface area contributed by atoms with Crippen LogP contribution in [0.25, 0.3) is 0 Å². The van der Waals surface area contributed by atoms with Crippen molar-refractivity contribution in [3.63, 3.8) is 0 Å². The Morgan fingerprint density at radius 3 is 1.38 bits per heavy atom. The third kappa shape index (κ3) is 10.3. The predicted octanol–water partition coefficient (Wildman–Crippen LogP) is 4.93. The summed E-state index contributed by atoms with van der Waals surface area (Å²) in [5.74, 6) is 0. The van der Waals surface area contributed by atoms with E-state index in [1.807, 2.05) is 0 Å². The lowest BCUT2D eigenvalue weighted by Gasteiger charge is -2.34. The van der Waals surface area contributed by atoms with Gasteiger partial charge in [0.1, 0.15) is 0 Å². The maximum Gasteiger partial charge on any atom is 0.0110 e. The molecule has 0 spiro atoms. The fourth-order valence-corrected chi connectivity index (χ4v) is 3.38. The SMILES string of the molecule is CCCCCCCCCCCCN1CCN(CCC)CC1. The van der Waals surface area contributed by atoms with E-state index in [9.17, 15) is 0 Å². The summed E-state index contributed by atoms with van der Waals surface area (Å²) in [5, 5.41) is 0. The van der Waals surface area contributed by atoms with Crippen molar-refractivity contribution in [1.82, 2.24) is 9.80 Å². The lowest BCUT2D eigenvalue weighted by Crippen LogP contribution is -2.46. The minimum Gasteiger partial charge on any atom is -0.301 e. The van der Waals surface area contributed by atoms with Gasteiger partial charge in [-0.3, -0.25) is 0 Å². The lowest BCUT2D eigenvalue weighted by atomic mass is 10.1. The van der Waals surface area contributed by atoms with Gasteiger partial charge in [-0.15, -0.1) is 0 Å². The van der Waals surface area contributed by atoms with Crippen LogP contribution in [-0.2, 0) is 0 Å². The molecule has 1 aliphatic rings. The summed E-state index contributed by atoms with van der Waals surface area (Å²) in [5.41, 5.74) is 0. The van der Waals surface area contributed by atoms with E-state index in [2.05, 4.69) is 23.6 Å². The van der Waals surface area contributed by atoms with Gasteiger partial charge in [0.25, 0.3) is 0 Å². The van der Waals surface area contributed by atoms with E-state index in [-0.39, 0.29) is 0 Å². The molecule has 0 aliphatic carbocycles. The molecule has 2 heteroatoms. The van der Waals surface area contributed by atoms with Crippen LogP contribution in [-0.4, -0.2) is 49.1 Å². The highest BCUT2D eigenvalue weighted by Crippen LogP contribution is 2.11. The molecule has 0 saturated carbocycles. The molecule has 0 aromatic carbocycles. The maximum absolute atomic E-state index is 2.68. The summed E-state index contributed by atoms with van der Waals surface area (Å²) in [7, 11) is 0. The quantitative estimate of drug-likeness (QED) is 0.444. The Hall–Kier alpha value is -0.0800. The van der Waals surface area contributed by atoms with Crippen molar-refractivity contribution in [2.24, 2.45) is 0 Å². The number of unbranched alkanes of at least 4 members (excludes halogenated alkanes) is 9. The molecule has 126 valence electrons. The fraction of sp³-hybridized carbons (Fsp3) is 1.00. The van der Waals surface area contributed by atoms with Crippen LogP contribution in [0.3, 0.4) is 0 Å². The van der Waals surface area contributed by atoms with Crippen LogP contribution < -0.4 is 0 Å². The van der Waals surface area contributed by atoms with Crippen molar-refractivity contribution in [1.29, 1.82) is 0 Å². The third-order valence-corrected chi connectivity index (χ3v) is 4.83. The van der Waals surface area contributed by atoms with Crippen LogP contribution >= 0.6 is 0 Å². The number of rotatable bonds is 13. The van der Waals surface area contributed by atoms with E-state index in [1.165, 1.54) is 110 Å². The fourth-order valence-electron chi connectivity index (χ4n) is 3.38. The number of nitrogens with zero attached hydrogens (tertiary/aromatic N) is 2. The second kappa shape index (κ2) is 13.6. The van der Waals surface area contributed by atoms with Gasteiger partial charge in [-0.1, -0.05) is 71.6 Å². The predicted molar refractivity (Wildman–Crippen MR) is 95.0 cm³/mol. The molecule has 0 radical (unpaired) electrons. The molecule has 0 amide bonds. The Labute approximate surface area is 134 Å². The van der Waals surface area contributed by atoms with Crippen LogP contribution in [0.5, 0.6) is 0 Å². The number of hydrogen-bond acceptors (Lipinski definition) is 2. The van der Waals surface area contributed by atoms with Crippen molar-refractivity contribution in [2.75, 3.05) is 39.3 Å². The zero-order valence-corrected chi connectivity index (χ0v) is 14.9. The Kier molecular flexibility index (Phi) is 12.3. The zero-order chi connectivity index (χ0) is 15.2. The van der Waals surface area contributed by atoms with Crippen LogP contribution in [0.4, 0.5) is 0 Å². The monoisotopic (exact) mass is 296 g/mol. The topological polar surface area (TPSA) is 6.48 Å². The summed E-state index contributed by atoms with van der Waals surface area (Å²) in [6.07, 6.45) is 15.8. The standard InChI is InChI=1S/C19H40N2/c1-3-5-6-7-8-9-10-11-12-13-15-21-18-16-20(14-4-2)17-19-21/h3-19H2,1-2H3. The summed E-state index contributed by atoms with van der Waals surface area (Å²) in [6, 6.07) is 0. The average Bonchev–Trinajstić information content (AvgIpc) is 2.51. The molecule has 0 unspecified atom stereocenters. The minimum absolute atomic E-state index is 1.30. The molecular weight excluding hydrogens is 256 g/mol. The highest BCUT2D eigenvalue weighted by atomic mass is 15.3. The zero-order valence-electron chi connectivity index (χ0n) is 14.9. The molecule has 0 atom stereocenters. The third-order valence-electron chi connectivity index (χ3n) is 4.83. The lowest BCUT2D eigenvalue weighted by molar-refractivity contribution is 0.131. The first-order chi connectivity index (χ1) is 10.4. The van der Waals surface area contributed by atoms with E-state index in [1.54, 1.807) is 0 Å². The van der Waals surface area contributed by atoms with Gasteiger partial charge >= 0.3 is 0 Å². The van der Waals surface area contributed by atoms with Crippen molar-refractivity contribution < 1.29 is 0 Å². The highest BCUT2D eigenvalue weighted by molar-refractivity contribution is 4.71. The summed E-state index contributed by atoms with van der Waals surface area (Å²) in [4.78, 5) is 5.30. The highest BCUT2D eigenvalue weighted by Gasteiger charge is 2.14. The van der Waals surface area contributed by atoms with Gasteiger partial charge in [0.05, 0.1) is 0 Å². The Bertz CT molecular complexity index is 210. The largest absolute Gasteiger partial charge is 0.301 e. The second-order valence-electron chi connectivity index (χ2n) is 6.87. The van der Waals surface area contributed by atoms with Gasteiger partial charge in [0.15, 0.2) is 0 Å². The van der Waals surface area contributed by atoms with Gasteiger partial charge < -0.3 is 9.80 Å². The summed E-state index contributed by atoms with van der Waals surface area (Å²) >= 11 is 0. The molecule has 1 aliphatic heterocycles. The molecule has 1 saturated heterocycles. The minimum atomic E-state index is 1.30. The number of hydrogen-bond donors (Lipinski definition) is 0. The molecule has 1 heterocycles. The molecular formula is C19H40N2. The smallest absolute Gasteiger partial charge is 0.0110 e. The first-order valence-corrected chi connectivity index (χ1v) is 9.81. The molecule has 21 heavy (non-hydrogen) atoms. The molecule has 1 fully saturated rings. The van der Waals surface area contributed by atoms with Crippen molar-refractivity contribution >= 4 is 0 Å². The van der Waals surface area contributed by atoms with Crippen molar-refractivity contribution in [3.8, 4) is 0 Å². The van der Waals surface area contributed by atoms with E-state index < -0.39 is 0 Å². The van der Waals surface area contributed by atoms with Gasteiger partial charge in [0, 0.05) is 26.2 Å². The molecule has 0 aromatic rings. The van der Waals surface area contributed by atoms with E-state index >= 15 is 0 Å². The molecule has 0 N–H and O–H groups in total. The van der Waals surface area contributed by atoms with Crippen molar-refractivity contribution in [3.05, 3.63) is 0 Å². The Morgan fingerprint density at radius 1 is 0.476 bits per heavy atom. The number of piperazine rings is 1. The Morgan fingerprint density at radius 2 is 0.905 bits per heavy atom. The van der Waals surface area contributed by atoms with Gasteiger partial charge in [0.2, 0.25) is 0 Å². The first-order valence-electron chi connectivity index (χ1n) is 9.81. The van der Waals surface area contributed by atoms with Gasteiger partial charge in [-0.2, -0.15) is 0 Å². The van der Waals surface area contributed by atoms with Gasteiger partial charge in [-0.05, 0) is 25.9 Å². The molecule has 1 rings (SSSR count). The normalized spacial score (nSPS) is 17.4. The van der Waals surface area contributed by atoms with E-state index in [0.29, 0.717) is 0 Å². The molecule has 0 bridgehead atoms. The van der Waals surface area contributed by atoms with Crippen molar-refractivity contribution in [2.45, 2.75) is 84.5 Å². The first kappa shape index (κ1) is 19.0. The van der Waals surface area contributed by atoms with Crippen LogP contribution in [0.15, 0.2) is 0 Å². The second-order valence-corrected chi connectivity index (χ2v) is 6.87. The molecule has 2 nitrogen and oxygen atoms in total. The summed E-state index contributed by atoms with van der Waals surface area (Å²) < 4.78 is 0. The maximum atomic E-state index is 2.68. The van der Waals surface area contributed by atoms with E-state index in [0.717, 1.165) is 0 Å². The van der Waals surface area contributed by atoms with E-state index in [4.69, 9.17) is 0 Å². The van der Waals surface area contributed by atoms with Crippen LogP contribution in [0.2, 0.25) is 0 Å². The summed E-state index contributed by atoms with van der Waals surface area (Å²) in [6.45, 7) is 12.4. The van der Waals surface area contributed by atoms with Crippen LogP contribution in [0.1, 0.15) is 84.5 Å². The molecule has 0 aromatic heterocycles. The average molecular weight is 297 g/mol. The van der Waals surface area contributed by atoms with Crippen LogP contribution in [0, 0.1) is 0 Å². The Balaban J connectivity index is 1.80. The van der Waals surface area contributed by atoms with Gasteiger partial charge in [-0.25, -0.2) is 0 Å².